The maximum Gasteiger partial charge on any atom is 0.125 e. The second-order valence-electron chi connectivity index (χ2n) is 2.05. The first-order valence-electron chi connectivity index (χ1n) is 3.90. The minimum Gasteiger partial charge on any atom is -0.398 e. The minimum atomic E-state index is -0.389. The van der Waals surface area contributed by atoms with Gasteiger partial charge in [0.1, 0.15) is 10.4 Å². The first kappa shape index (κ1) is 12.1. The van der Waals surface area contributed by atoms with Crippen LogP contribution >= 0.6 is 15.9 Å². The third-order valence-corrected chi connectivity index (χ3v) is 1.68. The number of hydrogen-bond donors (Lipinski definition) is 2. The molecule has 0 saturated carbocycles. The molecule has 13 heavy (non-hydrogen) atoms. The number of nitrogens with two attached hydrogens (primary N) is 1. The van der Waals surface area contributed by atoms with Crippen LogP contribution in [0.1, 0.15) is 19.4 Å². The Balaban J connectivity index is 0.000000671. The van der Waals surface area contributed by atoms with E-state index in [2.05, 4.69) is 15.9 Å². The van der Waals surface area contributed by atoms with Gasteiger partial charge in [0.15, 0.2) is 0 Å². The van der Waals surface area contributed by atoms with Gasteiger partial charge in [-0.15, -0.1) is 0 Å². The zero-order valence-electron chi connectivity index (χ0n) is 7.57. The molecule has 0 aliphatic heterocycles. The third kappa shape index (κ3) is 3.55. The largest absolute Gasteiger partial charge is 0.398 e. The van der Waals surface area contributed by atoms with Crippen molar-refractivity contribution in [2.75, 3.05) is 5.73 Å². The zero-order valence-corrected chi connectivity index (χ0v) is 9.15. The Morgan fingerprint density at radius 2 is 2.00 bits per heavy atom. The van der Waals surface area contributed by atoms with E-state index in [4.69, 9.17) is 11.1 Å². The molecule has 72 valence electrons. The molecule has 1 aromatic carbocycles. The summed E-state index contributed by atoms with van der Waals surface area (Å²) >= 11 is 2.94. The van der Waals surface area contributed by atoms with Crippen LogP contribution in [0.15, 0.2) is 18.2 Å². The average molecular weight is 247 g/mol. The first-order valence-corrected chi connectivity index (χ1v) is 4.70. The molecule has 0 unspecified atom stereocenters. The topological polar surface area (TPSA) is 49.9 Å². The van der Waals surface area contributed by atoms with Gasteiger partial charge in [-0.25, -0.2) is 4.39 Å². The first-order chi connectivity index (χ1) is 6.11. The lowest BCUT2D eigenvalue weighted by Gasteiger charge is -2.00. The third-order valence-electron chi connectivity index (χ3n) is 1.25. The van der Waals surface area contributed by atoms with E-state index in [1.165, 1.54) is 18.2 Å². The highest BCUT2D eigenvalue weighted by Crippen LogP contribution is 2.15. The summed E-state index contributed by atoms with van der Waals surface area (Å²) in [4.78, 5) is 0. The maximum atomic E-state index is 12.4. The van der Waals surface area contributed by atoms with E-state index in [-0.39, 0.29) is 16.1 Å². The number of benzene rings is 1. The summed E-state index contributed by atoms with van der Waals surface area (Å²) in [5.41, 5.74) is 6.19. The van der Waals surface area contributed by atoms with Gasteiger partial charge in [-0.2, -0.15) is 0 Å². The molecule has 0 aliphatic rings. The zero-order chi connectivity index (χ0) is 10.4. The van der Waals surface area contributed by atoms with E-state index in [0.29, 0.717) is 5.56 Å². The van der Waals surface area contributed by atoms with Crippen LogP contribution in [0.4, 0.5) is 10.1 Å². The summed E-state index contributed by atoms with van der Waals surface area (Å²) < 4.78 is 12.6. The second kappa shape index (κ2) is 5.70. The van der Waals surface area contributed by atoms with E-state index in [0.717, 1.165) is 0 Å². The molecule has 0 fully saturated rings. The van der Waals surface area contributed by atoms with Crippen LogP contribution in [0.5, 0.6) is 0 Å². The predicted molar refractivity (Wildman–Crippen MR) is 57.9 cm³/mol. The van der Waals surface area contributed by atoms with Gasteiger partial charge in [0.05, 0.1) is 0 Å². The number of nitrogen functional groups attached to an aromatic ring is 1. The van der Waals surface area contributed by atoms with Crippen LogP contribution in [0, 0.1) is 11.2 Å². The number of rotatable bonds is 1. The van der Waals surface area contributed by atoms with Crippen molar-refractivity contribution in [1.29, 1.82) is 5.41 Å². The normalized spacial score (nSPS) is 8.62. The number of anilines is 1. The summed E-state index contributed by atoms with van der Waals surface area (Å²) in [6, 6.07) is 3.91. The average Bonchev–Trinajstić information content (AvgIpc) is 2.07. The lowest BCUT2D eigenvalue weighted by Crippen LogP contribution is -1.97. The monoisotopic (exact) mass is 246 g/mol. The molecule has 0 heterocycles. The van der Waals surface area contributed by atoms with E-state index in [1.807, 2.05) is 13.8 Å². The minimum absolute atomic E-state index is 0.162. The second-order valence-corrected chi connectivity index (χ2v) is 2.84. The van der Waals surface area contributed by atoms with Crippen molar-refractivity contribution in [2.45, 2.75) is 13.8 Å². The summed E-state index contributed by atoms with van der Waals surface area (Å²) in [5, 5.41) is 7.16. The van der Waals surface area contributed by atoms with Crippen molar-refractivity contribution in [2.24, 2.45) is 0 Å². The molecule has 1 rings (SSSR count). The molecule has 0 atom stereocenters. The van der Waals surface area contributed by atoms with Crippen LogP contribution in [-0.2, 0) is 0 Å². The van der Waals surface area contributed by atoms with Gasteiger partial charge in [0, 0.05) is 11.3 Å². The van der Waals surface area contributed by atoms with Gasteiger partial charge >= 0.3 is 0 Å². The molecule has 0 spiro atoms. The summed E-state index contributed by atoms with van der Waals surface area (Å²) in [6.07, 6.45) is 0. The Labute approximate surface area is 85.6 Å². The highest BCUT2D eigenvalue weighted by molar-refractivity contribution is 9.18. The Kier molecular flexibility index (Phi) is 5.30. The molecule has 0 saturated heterocycles. The highest BCUT2D eigenvalue weighted by atomic mass is 79.9. The molecule has 0 aromatic heterocycles. The number of nitrogens with one attached hydrogen (secondary N) is 1. The summed E-state index contributed by atoms with van der Waals surface area (Å²) in [5.74, 6) is -0.389. The van der Waals surface area contributed by atoms with Gasteiger partial charge < -0.3 is 5.73 Å². The van der Waals surface area contributed by atoms with Crippen LogP contribution in [0.2, 0.25) is 0 Å². The van der Waals surface area contributed by atoms with E-state index >= 15 is 0 Å². The Bertz CT molecular complexity index is 300. The quantitative estimate of drug-likeness (QED) is 0.581. The standard InChI is InChI=1S/C7H6BrFN2.C2H6/c8-7(11)5-2-1-4(9)3-6(5)10;1-2/h1-3,11H,10H2;1-2H3. The van der Waals surface area contributed by atoms with Gasteiger partial charge in [0.25, 0.3) is 0 Å². The highest BCUT2D eigenvalue weighted by Gasteiger charge is 2.02. The molecular weight excluding hydrogens is 235 g/mol. The number of hydrogen-bond acceptors (Lipinski definition) is 2. The molecule has 3 N–H and O–H groups in total. The van der Waals surface area contributed by atoms with Gasteiger partial charge in [-0.1, -0.05) is 13.8 Å². The van der Waals surface area contributed by atoms with Crippen LogP contribution in [0.25, 0.3) is 0 Å². The van der Waals surface area contributed by atoms with Crippen molar-refractivity contribution in [3.8, 4) is 0 Å². The van der Waals surface area contributed by atoms with E-state index in [1.54, 1.807) is 0 Å². The summed E-state index contributed by atoms with van der Waals surface area (Å²) in [6.45, 7) is 4.00. The van der Waals surface area contributed by atoms with Crippen molar-refractivity contribution < 1.29 is 4.39 Å². The molecule has 0 bridgehead atoms. The fourth-order valence-electron chi connectivity index (χ4n) is 0.733. The fourth-order valence-corrected chi connectivity index (χ4v) is 1.09. The Morgan fingerprint density at radius 1 is 1.46 bits per heavy atom. The smallest absolute Gasteiger partial charge is 0.125 e. The van der Waals surface area contributed by atoms with Crippen molar-refractivity contribution in [1.82, 2.24) is 0 Å². The molecular formula is C9H12BrFN2. The molecule has 0 amide bonds. The van der Waals surface area contributed by atoms with Crippen molar-refractivity contribution >= 4 is 26.2 Å². The lowest BCUT2D eigenvalue weighted by atomic mass is 10.2. The summed E-state index contributed by atoms with van der Waals surface area (Å²) in [7, 11) is 0. The molecule has 0 aliphatic carbocycles. The van der Waals surface area contributed by atoms with Crippen LogP contribution in [0.3, 0.4) is 0 Å². The van der Waals surface area contributed by atoms with E-state index in [9.17, 15) is 4.39 Å². The molecule has 0 radical (unpaired) electrons. The van der Waals surface area contributed by atoms with Gasteiger partial charge in [-0.05, 0) is 34.1 Å². The predicted octanol–water partition coefficient (Wildman–Crippen LogP) is 3.15. The molecule has 1 aromatic rings. The molecule has 4 heteroatoms. The maximum absolute atomic E-state index is 12.4. The molecule has 2 nitrogen and oxygen atoms in total. The van der Waals surface area contributed by atoms with Crippen molar-refractivity contribution in [3.63, 3.8) is 0 Å². The Morgan fingerprint density at radius 3 is 2.38 bits per heavy atom. The Hall–Kier alpha value is -0.900. The van der Waals surface area contributed by atoms with Gasteiger partial charge in [0.2, 0.25) is 0 Å². The number of halogens is 2. The van der Waals surface area contributed by atoms with E-state index < -0.39 is 0 Å². The lowest BCUT2D eigenvalue weighted by molar-refractivity contribution is 0.628. The van der Waals surface area contributed by atoms with Crippen LogP contribution in [-0.4, -0.2) is 4.62 Å². The SMILES string of the molecule is CC.N=C(Br)c1ccc(F)cc1N. The van der Waals surface area contributed by atoms with Crippen molar-refractivity contribution in [3.05, 3.63) is 29.6 Å². The fraction of sp³-hybridized carbons (Fsp3) is 0.222. The van der Waals surface area contributed by atoms with Crippen LogP contribution < -0.4 is 5.73 Å². The van der Waals surface area contributed by atoms with Gasteiger partial charge in [-0.3, -0.25) is 5.41 Å².